The van der Waals surface area contributed by atoms with Crippen molar-refractivity contribution in [3.63, 3.8) is 0 Å². The normalized spacial score (nSPS) is 10.2. The Morgan fingerprint density at radius 2 is 1.82 bits per heavy atom. The van der Waals surface area contributed by atoms with Gasteiger partial charge in [0.2, 0.25) is 0 Å². The lowest BCUT2D eigenvalue weighted by Gasteiger charge is -2.10. The van der Waals surface area contributed by atoms with Gasteiger partial charge in [0.25, 0.3) is 5.91 Å². The molecule has 0 saturated heterocycles. The second-order valence-electron chi connectivity index (χ2n) is 6.07. The monoisotopic (exact) mass is 395 g/mol. The lowest BCUT2D eigenvalue weighted by molar-refractivity contribution is 0.0600. The first kappa shape index (κ1) is 19.4. The molecular weight excluding hydrogens is 378 g/mol. The smallest absolute Gasteiger partial charge is 0.337 e. The summed E-state index contributed by atoms with van der Waals surface area (Å²) in [6.45, 7) is 1.96. The number of methoxy groups -OCH3 is 1. The number of ether oxygens (including phenoxy) is 1. The Labute approximate surface area is 167 Å². The standard InChI is InChI=1S/C21H18ClN3O3/c1-13-4-3-5-16(10-13)24-20(26)15-7-9-19(23-12-15)25-18-11-14(21(27)28-2)6-8-17(18)22/h3-12H,1-2H3,(H,23,25)(H,24,26). The largest absolute Gasteiger partial charge is 0.465 e. The number of nitrogens with zero attached hydrogens (tertiary/aromatic N) is 1. The van der Waals surface area contributed by atoms with Crippen molar-refractivity contribution in [2.75, 3.05) is 17.7 Å². The van der Waals surface area contributed by atoms with E-state index < -0.39 is 5.97 Å². The van der Waals surface area contributed by atoms with Crippen LogP contribution in [0.3, 0.4) is 0 Å². The van der Waals surface area contributed by atoms with Gasteiger partial charge >= 0.3 is 5.97 Å². The fourth-order valence-electron chi connectivity index (χ4n) is 2.53. The van der Waals surface area contributed by atoms with E-state index in [9.17, 15) is 9.59 Å². The number of amides is 1. The van der Waals surface area contributed by atoms with Gasteiger partial charge in [-0.05, 0) is 55.0 Å². The van der Waals surface area contributed by atoms with E-state index in [4.69, 9.17) is 16.3 Å². The maximum atomic E-state index is 12.4. The highest BCUT2D eigenvalue weighted by Gasteiger charge is 2.11. The van der Waals surface area contributed by atoms with Crippen LogP contribution in [0.4, 0.5) is 17.2 Å². The quantitative estimate of drug-likeness (QED) is 0.605. The van der Waals surface area contributed by atoms with Crippen molar-refractivity contribution in [1.29, 1.82) is 0 Å². The van der Waals surface area contributed by atoms with Crippen molar-refractivity contribution in [2.45, 2.75) is 6.92 Å². The molecule has 0 aliphatic rings. The first-order valence-electron chi connectivity index (χ1n) is 8.45. The van der Waals surface area contributed by atoms with Crippen LogP contribution >= 0.6 is 11.6 Å². The Balaban J connectivity index is 1.72. The molecule has 1 heterocycles. The highest BCUT2D eigenvalue weighted by molar-refractivity contribution is 6.33. The number of carbonyl (C=O) groups is 2. The van der Waals surface area contributed by atoms with E-state index in [1.165, 1.54) is 13.3 Å². The summed E-state index contributed by atoms with van der Waals surface area (Å²) in [4.78, 5) is 28.3. The molecule has 0 fully saturated rings. The van der Waals surface area contributed by atoms with Gasteiger partial charge < -0.3 is 15.4 Å². The zero-order valence-corrected chi connectivity index (χ0v) is 16.1. The minimum absolute atomic E-state index is 0.254. The molecule has 0 radical (unpaired) electrons. The molecule has 6 nitrogen and oxygen atoms in total. The number of carbonyl (C=O) groups excluding carboxylic acids is 2. The molecule has 7 heteroatoms. The first-order valence-corrected chi connectivity index (χ1v) is 8.83. The lowest BCUT2D eigenvalue weighted by atomic mass is 10.2. The van der Waals surface area contributed by atoms with Crippen LogP contribution < -0.4 is 10.6 Å². The van der Waals surface area contributed by atoms with Crippen molar-refractivity contribution >= 4 is 40.7 Å². The number of pyridine rings is 1. The van der Waals surface area contributed by atoms with Crippen LogP contribution in [0.25, 0.3) is 0 Å². The van der Waals surface area contributed by atoms with E-state index in [1.54, 1.807) is 30.3 Å². The molecular formula is C21H18ClN3O3. The van der Waals surface area contributed by atoms with E-state index >= 15 is 0 Å². The SMILES string of the molecule is COC(=O)c1ccc(Cl)c(Nc2ccc(C(=O)Nc3cccc(C)c3)cn2)c1. The predicted molar refractivity (Wildman–Crippen MR) is 109 cm³/mol. The summed E-state index contributed by atoms with van der Waals surface area (Å²) in [5.41, 5.74) is 3.07. The van der Waals surface area contributed by atoms with Gasteiger partial charge in [0.15, 0.2) is 0 Å². The second-order valence-corrected chi connectivity index (χ2v) is 6.47. The Morgan fingerprint density at radius 3 is 2.50 bits per heavy atom. The molecule has 0 bridgehead atoms. The molecule has 0 unspecified atom stereocenters. The number of esters is 1. The summed E-state index contributed by atoms with van der Waals surface area (Å²) < 4.78 is 4.71. The number of nitrogens with one attached hydrogen (secondary N) is 2. The number of aromatic nitrogens is 1. The Morgan fingerprint density at radius 1 is 1.04 bits per heavy atom. The second kappa shape index (κ2) is 8.54. The molecule has 1 aromatic heterocycles. The molecule has 142 valence electrons. The summed E-state index contributed by atoms with van der Waals surface area (Å²) in [6, 6.07) is 15.6. The van der Waals surface area contributed by atoms with Crippen LogP contribution in [-0.4, -0.2) is 24.0 Å². The third-order valence-electron chi connectivity index (χ3n) is 3.95. The average Bonchev–Trinajstić information content (AvgIpc) is 2.69. The van der Waals surface area contributed by atoms with Gasteiger partial charge in [-0.25, -0.2) is 9.78 Å². The zero-order valence-electron chi connectivity index (χ0n) is 15.3. The van der Waals surface area contributed by atoms with Gasteiger partial charge in [-0.1, -0.05) is 23.7 Å². The number of hydrogen-bond acceptors (Lipinski definition) is 5. The molecule has 3 aromatic rings. The molecule has 1 amide bonds. The number of anilines is 3. The third-order valence-corrected chi connectivity index (χ3v) is 4.28. The lowest BCUT2D eigenvalue weighted by Crippen LogP contribution is -2.12. The summed E-state index contributed by atoms with van der Waals surface area (Å²) >= 11 is 6.17. The number of rotatable bonds is 5. The molecule has 0 aliphatic heterocycles. The van der Waals surface area contributed by atoms with Crippen molar-refractivity contribution in [1.82, 2.24) is 4.98 Å². The maximum Gasteiger partial charge on any atom is 0.337 e. The maximum absolute atomic E-state index is 12.4. The highest BCUT2D eigenvalue weighted by atomic mass is 35.5. The van der Waals surface area contributed by atoms with Gasteiger partial charge in [-0.2, -0.15) is 0 Å². The van der Waals surface area contributed by atoms with Crippen molar-refractivity contribution < 1.29 is 14.3 Å². The molecule has 0 atom stereocenters. The number of halogens is 1. The zero-order chi connectivity index (χ0) is 20.1. The predicted octanol–water partition coefficient (Wildman–Crippen LogP) is 4.83. The van der Waals surface area contributed by atoms with E-state index in [0.717, 1.165) is 11.3 Å². The van der Waals surface area contributed by atoms with Crippen LogP contribution in [0.5, 0.6) is 0 Å². The van der Waals surface area contributed by atoms with Gasteiger partial charge in [0.1, 0.15) is 5.82 Å². The van der Waals surface area contributed by atoms with Gasteiger partial charge in [0, 0.05) is 11.9 Å². The summed E-state index contributed by atoms with van der Waals surface area (Å²) in [5, 5.41) is 6.29. The first-order chi connectivity index (χ1) is 13.5. The van der Waals surface area contributed by atoms with Gasteiger partial charge in [0.05, 0.1) is 28.9 Å². The van der Waals surface area contributed by atoms with E-state index in [2.05, 4.69) is 15.6 Å². The van der Waals surface area contributed by atoms with Gasteiger partial charge in [-0.3, -0.25) is 4.79 Å². The topological polar surface area (TPSA) is 80.3 Å². The van der Waals surface area contributed by atoms with Gasteiger partial charge in [-0.15, -0.1) is 0 Å². The molecule has 28 heavy (non-hydrogen) atoms. The van der Waals surface area contributed by atoms with Crippen LogP contribution in [0.2, 0.25) is 5.02 Å². The van der Waals surface area contributed by atoms with Crippen molar-refractivity contribution in [2.24, 2.45) is 0 Å². The van der Waals surface area contributed by atoms with E-state index in [-0.39, 0.29) is 5.91 Å². The third kappa shape index (κ3) is 4.66. The Bertz CT molecular complexity index is 1020. The molecule has 2 aromatic carbocycles. The molecule has 0 spiro atoms. The molecule has 3 rings (SSSR count). The fourth-order valence-corrected chi connectivity index (χ4v) is 2.70. The van der Waals surface area contributed by atoms with Crippen LogP contribution in [0.1, 0.15) is 26.3 Å². The van der Waals surface area contributed by atoms with Crippen LogP contribution in [-0.2, 0) is 4.74 Å². The van der Waals surface area contributed by atoms with Crippen molar-refractivity contribution in [3.8, 4) is 0 Å². The molecule has 0 aliphatic carbocycles. The van der Waals surface area contributed by atoms with E-state index in [0.29, 0.717) is 27.7 Å². The summed E-state index contributed by atoms with van der Waals surface area (Å²) in [6.07, 6.45) is 1.46. The van der Waals surface area contributed by atoms with Crippen molar-refractivity contribution in [3.05, 3.63) is 82.5 Å². The minimum atomic E-state index is -0.462. The average molecular weight is 396 g/mol. The number of hydrogen-bond donors (Lipinski definition) is 2. The molecule has 0 saturated carbocycles. The summed E-state index contributed by atoms with van der Waals surface area (Å²) in [5.74, 6) is -0.234. The minimum Gasteiger partial charge on any atom is -0.465 e. The van der Waals surface area contributed by atoms with Crippen LogP contribution in [0, 0.1) is 6.92 Å². The number of aryl methyl sites for hydroxylation is 1. The highest BCUT2D eigenvalue weighted by Crippen LogP contribution is 2.26. The Kier molecular flexibility index (Phi) is 5.91. The fraction of sp³-hybridized carbons (Fsp3) is 0.0952. The van der Waals surface area contributed by atoms with Crippen LogP contribution in [0.15, 0.2) is 60.8 Å². The molecule has 2 N–H and O–H groups in total. The van der Waals surface area contributed by atoms with E-state index in [1.807, 2.05) is 31.2 Å². The number of benzene rings is 2. The summed E-state index contributed by atoms with van der Waals surface area (Å²) in [7, 11) is 1.31. The Hall–Kier alpha value is -3.38.